The Hall–Kier alpha value is -4.67. The number of nitrogens with one attached hydrogen (secondary N) is 1. The molecule has 2 N–H and O–H groups in total. The van der Waals surface area contributed by atoms with Gasteiger partial charge in [0.1, 0.15) is 17.0 Å². The largest absolute Gasteiger partial charge is 0.496 e. The van der Waals surface area contributed by atoms with E-state index in [2.05, 4.69) is 10.5 Å². The fourth-order valence-electron chi connectivity index (χ4n) is 4.62. The van der Waals surface area contributed by atoms with Gasteiger partial charge in [-0.25, -0.2) is 4.79 Å². The molecule has 0 radical (unpaired) electrons. The van der Waals surface area contributed by atoms with E-state index >= 15 is 0 Å². The molecule has 0 bridgehead atoms. The Kier molecular flexibility index (Phi) is 8.60. The number of carboxylic acid groups (broad SMARTS) is 1. The maximum Gasteiger partial charge on any atom is 0.404 e. The average molecular weight is 534 g/mol. The van der Waals surface area contributed by atoms with Gasteiger partial charge in [0.2, 0.25) is 0 Å². The van der Waals surface area contributed by atoms with Gasteiger partial charge in [0.15, 0.2) is 0 Å². The Balaban J connectivity index is 1.85. The minimum Gasteiger partial charge on any atom is -0.496 e. The SMILES string of the molecule is CCC(c1nc2onc(C)c2c(=O)n1Cc1ccccc1)N(CCCNC(=O)O)C(=O)c1ccccc1OC. The highest BCUT2D eigenvalue weighted by Gasteiger charge is 2.31. The van der Waals surface area contributed by atoms with E-state index in [4.69, 9.17) is 19.4 Å². The van der Waals surface area contributed by atoms with Crippen LogP contribution in [0.5, 0.6) is 5.75 Å². The second kappa shape index (κ2) is 12.2. The lowest BCUT2D eigenvalue weighted by Gasteiger charge is -2.32. The van der Waals surface area contributed by atoms with E-state index in [1.807, 2.05) is 37.3 Å². The molecule has 0 aliphatic carbocycles. The van der Waals surface area contributed by atoms with Crippen molar-refractivity contribution in [2.75, 3.05) is 20.2 Å². The maximum atomic E-state index is 14.0. The number of hydrogen-bond donors (Lipinski definition) is 2. The Morgan fingerprint density at radius 2 is 1.87 bits per heavy atom. The molecule has 0 aliphatic heterocycles. The van der Waals surface area contributed by atoms with Crippen molar-refractivity contribution in [2.24, 2.45) is 0 Å². The standard InChI is InChI=1S/C28H31N5O6/c1-4-21(32(16-10-15-29-28(36)37)26(34)20-13-8-9-14-22(20)38-3)24-30-25-23(18(2)31-39-25)27(35)33(24)17-19-11-6-5-7-12-19/h5-9,11-14,21,29H,4,10,15-17H2,1-3H3,(H,36,37). The summed E-state index contributed by atoms with van der Waals surface area (Å²) in [6.45, 7) is 4.16. The third kappa shape index (κ3) is 5.92. The minimum absolute atomic E-state index is 0.104. The van der Waals surface area contributed by atoms with Crippen molar-refractivity contribution in [3.05, 3.63) is 87.6 Å². The lowest BCUT2D eigenvalue weighted by molar-refractivity contribution is 0.0651. The zero-order chi connectivity index (χ0) is 27.9. The monoisotopic (exact) mass is 533 g/mol. The van der Waals surface area contributed by atoms with Crippen molar-refractivity contribution in [2.45, 2.75) is 39.3 Å². The summed E-state index contributed by atoms with van der Waals surface area (Å²) in [6.07, 6.45) is -0.377. The molecule has 1 atom stereocenters. The summed E-state index contributed by atoms with van der Waals surface area (Å²) in [5, 5.41) is 15.6. The van der Waals surface area contributed by atoms with Crippen LogP contribution in [0, 0.1) is 6.92 Å². The number of methoxy groups -OCH3 is 1. The van der Waals surface area contributed by atoms with E-state index in [9.17, 15) is 14.4 Å². The first-order chi connectivity index (χ1) is 18.8. The molecule has 1 unspecified atom stereocenters. The molecule has 0 aliphatic rings. The van der Waals surface area contributed by atoms with Gasteiger partial charge < -0.3 is 24.6 Å². The van der Waals surface area contributed by atoms with Crippen molar-refractivity contribution in [3.63, 3.8) is 0 Å². The average Bonchev–Trinajstić information content (AvgIpc) is 3.32. The van der Waals surface area contributed by atoms with Crippen LogP contribution in [0.2, 0.25) is 0 Å². The molecule has 2 aromatic carbocycles. The Bertz CT molecular complexity index is 1510. The number of aromatic nitrogens is 3. The number of para-hydroxylation sites is 1. The van der Waals surface area contributed by atoms with Crippen molar-refractivity contribution in [3.8, 4) is 5.75 Å². The second-order valence-electron chi connectivity index (χ2n) is 9.00. The van der Waals surface area contributed by atoms with Gasteiger partial charge in [-0.2, -0.15) is 4.98 Å². The molecule has 0 spiro atoms. The fraction of sp³-hybridized carbons (Fsp3) is 0.321. The van der Waals surface area contributed by atoms with Gasteiger partial charge in [0, 0.05) is 13.1 Å². The lowest BCUT2D eigenvalue weighted by atomic mass is 10.1. The Morgan fingerprint density at radius 3 is 2.56 bits per heavy atom. The van der Waals surface area contributed by atoms with Gasteiger partial charge in [0.25, 0.3) is 17.2 Å². The Morgan fingerprint density at radius 1 is 1.15 bits per heavy atom. The molecule has 11 heteroatoms. The predicted molar refractivity (Wildman–Crippen MR) is 144 cm³/mol. The summed E-state index contributed by atoms with van der Waals surface area (Å²) in [4.78, 5) is 45.1. The van der Waals surface area contributed by atoms with Crippen LogP contribution in [0.1, 0.15) is 53.2 Å². The highest BCUT2D eigenvalue weighted by Crippen LogP contribution is 2.29. The number of nitrogens with zero attached hydrogens (tertiary/aromatic N) is 4. The molecule has 204 valence electrons. The van der Waals surface area contributed by atoms with E-state index in [0.29, 0.717) is 35.7 Å². The Labute approximate surface area is 225 Å². The van der Waals surface area contributed by atoms with Gasteiger partial charge in [-0.1, -0.05) is 54.5 Å². The van der Waals surface area contributed by atoms with Crippen molar-refractivity contribution in [1.29, 1.82) is 0 Å². The molecule has 2 aromatic heterocycles. The molecule has 2 amide bonds. The first-order valence-electron chi connectivity index (χ1n) is 12.7. The number of benzene rings is 2. The molecule has 39 heavy (non-hydrogen) atoms. The van der Waals surface area contributed by atoms with Crippen LogP contribution in [0.25, 0.3) is 11.1 Å². The summed E-state index contributed by atoms with van der Waals surface area (Å²) in [6, 6.07) is 15.7. The van der Waals surface area contributed by atoms with Crippen molar-refractivity contribution in [1.82, 2.24) is 24.9 Å². The highest BCUT2D eigenvalue weighted by molar-refractivity contribution is 5.97. The molecular formula is C28H31N5O6. The van der Waals surface area contributed by atoms with Gasteiger partial charge in [0.05, 0.1) is 31.0 Å². The topological polar surface area (TPSA) is 140 Å². The minimum atomic E-state index is -1.14. The molecular weight excluding hydrogens is 502 g/mol. The number of hydrogen-bond acceptors (Lipinski definition) is 7. The van der Waals surface area contributed by atoms with Crippen LogP contribution >= 0.6 is 0 Å². The zero-order valence-electron chi connectivity index (χ0n) is 22.1. The van der Waals surface area contributed by atoms with Gasteiger partial charge in [-0.3, -0.25) is 14.2 Å². The number of amides is 2. The molecule has 4 rings (SSSR count). The van der Waals surface area contributed by atoms with Crippen LogP contribution in [0.15, 0.2) is 63.9 Å². The first-order valence-corrected chi connectivity index (χ1v) is 12.7. The third-order valence-electron chi connectivity index (χ3n) is 6.49. The van der Waals surface area contributed by atoms with Crippen LogP contribution < -0.4 is 15.6 Å². The predicted octanol–water partition coefficient (Wildman–Crippen LogP) is 4.00. The zero-order valence-corrected chi connectivity index (χ0v) is 22.1. The molecule has 4 aromatic rings. The summed E-state index contributed by atoms with van der Waals surface area (Å²) in [7, 11) is 1.49. The van der Waals surface area contributed by atoms with Gasteiger partial charge in [-0.05, 0) is 37.5 Å². The number of ether oxygens (including phenoxy) is 1. The molecule has 0 fully saturated rings. The van der Waals surface area contributed by atoms with Crippen molar-refractivity contribution < 1.29 is 24.0 Å². The maximum absolute atomic E-state index is 14.0. The smallest absolute Gasteiger partial charge is 0.404 e. The number of fused-ring (bicyclic) bond motifs is 1. The quantitative estimate of drug-likeness (QED) is 0.276. The van der Waals surface area contributed by atoms with E-state index in [1.165, 1.54) is 7.11 Å². The molecule has 2 heterocycles. The molecule has 11 nitrogen and oxygen atoms in total. The van der Waals surface area contributed by atoms with Crippen LogP contribution in [0.4, 0.5) is 4.79 Å². The normalized spacial score (nSPS) is 11.8. The van der Waals surface area contributed by atoms with E-state index in [-0.39, 0.29) is 42.2 Å². The van der Waals surface area contributed by atoms with E-state index < -0.39 is 12.1 Å². The summed E-state index contributed by atoms with van der Waals surface area (Å²) < 4.78 is 12.4. The van der Waals surface area contributed by atoms with Crippen LogP contribution in [0.3, 0.4) is 0 Å². The number of aryl methyl sites for hydroxylation is 1. The summed E-state index contributed by atoms with van der Waals surface area (Å²) >= 11 is 0. The van der Waals surface area contributed by atoms with Crippen molar-refractivity contribution >= 4 is 23.1 Å². The third-order valence-corrected chi connectivity index (χ3v) is 6.49. The fourth-order valence-corrected chi connectivity index (χ4v) is 4.62. The molecule has 0 saturated heterocycles. The number of carbonyl (C=O) groups is 2. The van der Waals surface area contributed by atoms with Crippen LogP contribution in [-0.4, -0.2) is 56.9 Å². The van der Waals surface area contributed by atoms with E-state index in [0.717, 1.165) is 5.56 Å². The van der Waals surface area contributed by atoms with Gasteiger partial charge in [-0.15, -0.1) is 0 Å². The number of rotatable bonds is 11. The van der Waals surface area contributed by atoms with E-state index in [1.54, 1.807) is 40.7 Å². The lowest BCUT2D eigenvalue weighted by Crippen LogP contribution is -2.40. The van der Waals surface area contributed by atoms with Crippen LogP contribution in [-0.2, 0) is 6.54 Å². The number of carbonyl (C=O) groups excluding carboxylic acids is 1. The first kappa shape index (κ1) is 27.4. The van der Waals surface area contributed by atoms with Gasteiger partial charge >= 0.3 is 6.09 Å². The highest BCUT2D eigenvalue weighted by atomic mass is 16.5. The second-order valence-corrected chi connectivity index (χ2v) is 9.00. The summed E-state index contributed by atoms with van der Waals surface area (Å²) in [5.41, 5.74) is 1.46. The molecule has 0 saturated carbocycles. The summed E-state index contributed by atoms with van der Waals surface area (Å²) in [5.74, 6) is 0.426.